The normalized spacial score (nSPS) is 14.4. The lowest BCUT2D eigenvalue weighted by molar-refractivity contribution is -0.264. The second kappa shape index (κ2) is 6.81. The van der Waals surface area contributed by atoms with Gasteiger partial charge in [-0.25, -0.2) is 0 Å². The molecule has 0 saturated heterocycles. The van der Waals surface area contributed by atoms with Gasteiger partial charge in [-0.15, -0.1) is 11.3 Å². The van der Waals surface area contributed by atoms with E-state index in [4.69, 9.17) is 23.2 Å². The Morgan fingerprint density at radius 2 is 1.81 bits per heavy atom. The maximum absolute atomic E-state index is 13.6. The molecule has 0 amide bonds. The summed E-state index contributed by atoms with van der Waals surface area (Å²) < 4.78 is 41.6. The van der Waals surface area contributed by atoms with Crippen LogP contribution in [0.25, 0.3) is 10.1 Å². The highest BCUT2D eigenvalue weighted by Gasteiger charge is 2.56. The van der Waals surface area contributed by atoms with Gasteiger partial charge in [0.25, 0.3) is 0 Å². The van der Waals surface area contributed by atoms with Crippen molar-refractivity contribution in [3.05, 3.63) is 63.2 Å². The number of nitrogens with zero attached hydrogens (tertiary/aromatic N) is 1. The fourth-order valence-electron chi connectivity index (χ4n) is 2.50. The first-order valence-electron chi connectivity index (χ1n) is 7.22. The Morgan fingerprint density at radius 1 is 1.15 bits per heavy atom. The summed E-state index contributed by atoms with van der Waals surface area (Å²) in [5, 5.41) is 10.9. The fourth-order valence-corrected chi connectivity index (χ4v) is 3.99. The molecule has 0 bridgehead atoms. The van der Waals surface area contributed by atoms with Gasteiger partial charge in [-0.3, -0.25) is 9.78 Å². The van der Waals surface area contributed by atoms with E-state index >= 15 is 0 Å². The van der Waals surface area contributed by atoms with Crippen LogP contribution in [0.3, 0.4) is 0 Å². The van der Waals surface area contributed by atoms with Gasteiger partial charge in [-0.2, -0.15) is 13.2 Å². The van der Waals surface area contributed by atoms with Crippen molar-refractivity contribution in [3.8, 4) is 0 Å². The first kappa shape index (κ1) is 19.1. The maximum Gasteiger partial charge on any atom is 0.421 e. The van der Waals surface area contributed by atoms with Crippen molar-refractivity contribution >= 4 is 50.4 Å². The van der Waals surface area contributed by atoms with Crippen molar-refractivity contribution in [1.82, 2.24) is 4.98 Å². The summed E-state index contributed by atoms with van der Waals surface area (Å²) in [6.45, 7) is 0. The lowest BCUT2D eigenvalue weighted by atomic mass is 9.87. The number of hydrogen-bond donors (Lipinski definition) is 1. The van der Waals surface area contributed by atoms with Crippen LogP contribution in [-0.4, -0.2) is 22.1 Å². The number of Topliss-reactive ketones (excluding diaryl/α,β-unsaturated/α-hetero) is 1. The average molecular weight is 420 g/mol. The molecule has 0 fully saturated rings. The van der Waals surface area contributed by atoms with Crippen molar-refractivity contribution in [3.63, 3.8) is 0 Å². The molecule has 0 aliphatic carbocycles. The molecule has 1 N–H and O–H groups in total. The second-order valence-electron chi connectivity index (χ2n) is 5.64. The number of ketones is 1. The number of carbonyl (C=O) groups excluding carboxylic acids is 1. The number of carbonyl (C=O) groups is 1. The van der Waals surface area contributed by atoms with E-state index in [2.05, 4.69) is 4.98 Å². The van der Waals surface area contributed by atoms with E-state index in [1.54, 1.807) is 6.07 Å². The standard InChI is InChI=1S/C17H10Cl2F3NO2S/c18-11-4-10(5-12(19)6-11)16(25,17(20,21)22)7-13(24)14-3-9-1-2-23-8-15(9)26-14/h1-6,8,25H,7H2. The predicted octanol–water partition coefficient (Wildman–Crippen LogP) is 5.63. The highest BCUT2D eigenvalue weighted by molar-refractivity contribution is 7.20. The van der Waals surface area contributed by atoms with Crippen LogP contribution < -0.4 is 0 Å². The minimum absolute atomic E-state index is 0.0736. The zero-order valence-electron chi connectivity index (χ0n) is 12.8. The Labute approximate surface area is 160 Å². The zero-order valence-corrected chi connectivity index (χ0v) is 15.2. The van der Waals surface area contributed by atoms with Crippen molar-refractivity contribution in [2.45, 2.75) is 18.2 Å². The molecule has 2 aromatic heterocycles. The lowest BCUT2D eigenvalue weighted by Crippen LogP contribution is -2.44. The van der Waals surface area contributed by atoms with Gasteiger partial charge in [-0.1, -0.05) is 23.2 Å². The SMILES string of the molecule is O=C(CC(O)(c1cc(Cl)cc(Cl)c1)C(F)(F)F)c1cc2ccncc2s1. The predicted molar refractivity (Wildman–Crippen MR) is 95.0 cm³/mol. The first-order chi connectivity index (χ1) is 12.1. The molecule has 3 aromatic rings. The number of aromatic nitrogens is 1. The monoisotopic (exact) mass is 419 g/mol. The summed E-state index contributed by atoms with van der Waals surface area (Å²) in [4.78, 5) is 16.5. The Bertz CT molecular complexity index is 936. The van der Waals surface area contributed by atoms with Crippen LogP contribution >= 0.6 is 34.5 Å². The van der Waals surface area contributed by atoms with Gasteiger partial charge in [-0.05, 0) is 41.3 Å². The van der Waals surface area contributed by atoms with E-state index in [-0.39, 0.29) is 14.9 Å². The quantitative estimate of drug-likeness (QED) is 0.557. The second-order valence-corrected chi connectivity index (χ2v) is 7.60. The summed E-state index contributed by atoms with van der Waals surface area (Å²) in [7, 11) is 0. The minimum Gasteiger partial charge on any atom is -0.376 e. The van der Waals surface area contributed by atoms with E-state index in [0.717, 1.165) is 23.5 Å². The molecule has 26 heavy (non-hydrogen) atoms. The van der Waals surface area contributed by atoms with Gasteiger partial charge in [0.05, 0.1) is 16.0 Å². The molecule has 0 aliphatic rings. The third kappa shape index (κ3) is 3.57. The van der Waals surface area contributed by atoms with Gasteiger partial charge in [0.2, 0.25) is 0 Å². The maximum atomic E-state index is 13.6. The summed E-state index contributed by atoms with van der Waals surface area (Å²) >= 11 is 12.5. The number of aliphatic hydroxyl groups is 1. The van der Waals surface area contributed by atoms with E-state index in [1.165, 1.54) is 24.5 Å². The third-order valence-electron chi connectivity index (χ3n) is 3.82. The van der Waals surface area contributed by atoms with Crippen LogP contribution in [0.5, 0.6) is 0 Å². The van der Waals surface area contributed by atoms with Crippen LogP contribution in [0.15, 0.2) is 42.7 Å². The Kier molecular flexibility index (Phi) is 5.00. The van der Waals surface area contributed by atoms with Crippen LogP contribution in [-0.2, 0) is 5.60 Å². The molecular weight excluding hydrogens is 410 g/mol. The number of pyridine rings is 1. The van der Waals surface area contributed by atoms with Gasteiger partial charge < -0.3 is 5.11 Å². The number of hydrogen-bond acceptors (Lipinski definition) is 4. The van der Waals surface area contributed by atoms with E-state index in [9.17, 15) is 23.1 Å². The molecule has 3 rings (SSSR count). The Morgan fingerprint density at radius 3 is 2.38 bits per heavy atom. The molecule has 1 aromatic carbocycles. The molecule has 0 spiro atoms. The third-order valence-corrected chi connectivity index (χ3v) is 5.39. The Balaban J connectivity index is 2.02. The van der Waals surface area contributed by atoms with Crippen molar-refractivity contribution in [2.24, 2.45) is 0 Å². The molecule has 9 heteroatoms. The zero-order chi connectivity index (χ0) is 19.1. The lowest BCUT2D eigenvalue weighted by Gasteiger charge is -2.30. The molecule has 1 atom stereocenters. The number of benzene rings is 1. The molecule has 2 heterocycles. The number of alkyl halides is 3. The van der Waals surface area contributed by atoms with E-state index in [1.807, 2.05) is 0 Å². The molecule has 1 unspecified atom stereocenters. The number of thiophene rings is 1. The summed E-state index contributed by atoms with van der Waals surface area (Å²) in [5.74, 6) is -0.845. The van der Waals surface area contributed by atoms with Gasteiger partial charge in [0, 0.05) is 22.4 Å². The average Bonchev–Trinajstić information content (AvgIpc) is 2.97. The highest BCUT2D eigenvalue weighted by Crippen LogP contribution is 2.44. The summed E-state index contributed by atoms with van der Waals surface area (Å²) in [6.07, 6.45) is -3.25. The molecule has 0 saturated carbocycles. The van der Waals surface area contributed by atoms with Gasteiger partial charge in [0.15, 0.2) is 11.4 Å². The van der Waals surface area contributed by atoms with Crippen LogP contribution in [0, 0.1) is 0 Å². The first-order valence-corrected chi connectivity index (χ1v) is 8.80. The molecular formula is C17H10Cl2F3NO2S. The van der Waals surface area contributed by atoms with Crippen LogP contribution in [0.1, 0.15) is 21.7 Å². The molecule has 136 valence electrons. The topological polar surface area (TPSA) is 50.2 Å². The highest BCUT2D eigenvalue weighted by atomic mass is 35.5. The van der Waals surface area contributed by atoms with Crippen molar-refractivity contribution in [1.29, 1.82) is 0 Å². The number of halogens is 5. The molecule has 3 nitrogen and oxygen atoms in total. The van der Waals surface area contributed by atoms with Crippen molar-refractivity contribution < 1.29 is 23.1 Å². The number of rotatable bonds is 4. The summed E-state index contributed by atoms with van der Waals surface area (Å²) in [6, 6.07) is 6.26. The van der Waals surface area contributed by atoms with Crippen LogP contribution in [0.4, 0.5) is 13.2 Å². The molecule has 0 aliphatic heterocycles. The van der Waals surface area contributed by atoms with Crippen molar-refractivity contribution in [2.75, 3.05) is 0 Å². The summed E-state index contributed by atoms with van der Waals surface area (Å²) in [5.41, 5.74) is -3.99. The molecule has 0 radical (unpaired) electrons. The van der Waals surface area contributed by atoms with Gasteiger partial charge in [0.1, 0.15) is 0 Å². The van der Waals surface area contributed by atoms with Crippen LogP contribution in [0.2, 0.25) is 10.0 Å². The van der Waals surface area contributed by atoms with Gasteiger partial charge >= 0.3 is 6.18 Å². The fraction of sp³-hybridized carbons (Fsp3) is 0.176. The smallest absolute Gasteiger partial charge is 0.376 e. The van der Waals surface area contributed by atoms with E-state index < -0.39 is 29.5 Å². The largest absolute Gasteiger partial charge is 0.421 e. The minimum atomic E-state index is -5.10. The Hall–Kier alpha value is -1.67. The van der Waals surface area contributed by atoms with E-state index in [0.29, 0.717) is 10.1 Å². The number of fused-ring (bicyclic) bond motifs is 1.